The molecule has 2 fully saturated rings. The molecule has 10 heteroatoms. The van der Waals surface area contributed by atoms with E-state index in [2.05, 4.69) is 230 Å². The summed E-state index contributed by atoms with van der Waals surface area (Å²) in [7, 11) is -0.936. The number of terminal acetylenes is 3. The van der Waals surface area contributed by atoms with E-state index in [9.17, 15) is 0 Å². The summed E-state index contributed by atoms with van der Waals surface area (Å²) in [5.74, 6) is 25.5. The average molecular weight is 1050 g/mol. The minimum atomic E-state index is -1.02. The minimum Gasteiger partial charge on any atom is -0.477 e. The maximum absolute atomic E-state index is 6.46. The largest absolute Gasteiger partial charge is 0.494 e. The van der Waals surface area contributed by atoms with E-state index in [1.807, 2.05) is 24.3 Å². The Labute approximate surface area is 471 Å². The van der Waals surface area contributed by atoms with Gasteiger partial charge in [-0.3, -0.25) is 0 Å². The first-order valence-electron chi connectivity index (χ1n) is 26.2. The highest BCUT2D eigenvalue weighted by Crippen LogP contribution is 2.65. The van der Waals surface area contributed by atoms with Crippen LogP contribution in [0.4, 0.5) is 0 Å². The third-order valence-corrected chi connectivity index (χ3v) is 15.8. The Morgan fingerprint density at radius 1 is 0.438 bits per heavy atom. The van der Waals surface area contributed by atoms with Crippen LogP contribution in [0, 0.1) is 84.8 Å². The van der Waals surface area contributed by atoms with Crippen molar-refractivity contribution in [3.63, 3.8) is 0 Å². The molecule has 390 valence electrons. The molecule has 0 N–H and O–H groups in total. The van der Waals surface area contributed by atoms with Crippen LogP contribution in [-0.2, 0) is 24.0 Å². The van der Waals surface area contributed by atoms with Crippen molar-refractivity contribution in [1.29, 1.82) is 0 Å². The molecule has 2 aliphatic carbocycles. The summed E-state index contributed by atoms with van der Waals surface area (Å²) in [6, 6.07) is 37.5. The molecule has 0 amide bonds. The van der Waals surface area contributed by atoms with Crippen LogP contribution in [-0.4, -0.2) is 49.9 Å². The standard InChI is InChI=1S/C70H56B2O8/c1-13-17-20-39-74-62-44-56-57-45-63(75-40-21-18-14-2)65(76-41-22-19-15-3)47-61(57)70(60(56)46-64(62)73-16-4)58-42-50(25-23-48-27-33-52(34-28-48)71-77-66(5,6)67(7,8)78-71)31-37-54(58)55-38-32-51(43-59(55)70)26-24-49-29-35-53(36-30-49)72-79-68(9,10)69(11,12)80-72/h2-4,23-38,42-47H,40-41H2,1,5-12H3. The van der Waals surface area contributed by atoms with Crippen molar-refractivity contribution >= 4 is 49.5 Å². The third-order valence-electron chi connectivity index (χ3n) is 15.8. The minimum absolute atomic E-state index is 0.00968. The molecule has 0 saturated carbocycles. The molecule has 8 nitrogen and oxygen atoms in total. The molecule has 10 rings (SSSR count). The summed E-state index contributed by atoms with van der Waals surface area (Å²) in [5, 5.41) is 0. The van der Waals surface area contributed by atoms with Gasteiger partial charge in [-0.2, -0.15) is 0 Å². The molecule has 0 atom stereocenters. The second-order valence-corrected chi connectivity index (χ2v) is 21.6. The molecule has 2 aliphatic heterocycles. The molecule has 1 spiro atoms. The lowest BCUT2D eigenvalue weighted by atomic mass is 9.70. The highest BCUT2D eigenvalue weighted by Gasteiger charge is 2.55. The highest BCUT2D eigenvalue weighted by molar-refractivity contribution is 6.62. The van der Waals surface area contributed by atoms with E-state index in [-0.39, 0.29) is 19.0 Å². The lowest BCUT2D eigenvalue weighted by Crippen LogP contribution is -2.41. The zero-order valence-corrected chi connectivity index (χ0v) is 46.3. The Hall–Kier alpha value is -9.11. The van der Waals surface area contributed by atoms with Crippen LogP contribution in [0.25, 0.3) is 46.6 Å². The van der Waals surface area contributed by atoms with Gasteiger partial charge in [-0.05, 0) is 218 Å². The lowest BCUT2D eigenvalue weighted by Gasteiger charge is -2.32. The zero-order valence-electron chi connectivity index (χ0n) is 46.3. The zero-order chi connectivity index (χ0) is 56.5. The average Bonchev–Trinajstić information content (AvgIpc) is 4.23. The van der Waals surface area contributed by atoms with Crippen molar-refractivity contribution in [3.05, 3.63) is 154 Å². The van der Waals surface area contributed by atoms with Gasteiger partial charge in [-0.25, -0.2) is 0 Å². The number of rotatable bonds is 12. The van der Waals surface area contributed by atoms with Crippen molar-refractivity contribution in [1.82, 2.24) is 0 Å². The quantitative estimate of drug-likeness (QED) is 0.0681. The van der Waals surface area contributed by atoms with Crippen molar-refractivity contribution in [2.45, 2.75) is 90.1 Å². The van der Waals surface area contributed by atoms with Gasteiger partial charge in [0.2, 0.25) is 0 Å². The van der Waals surface area contributed by atoms with Crippen molar-refractivity contribution < 1.29 is 37.6 Å². The van der Waals surface area contributed by atoms with Gasteiger partial charge in [0, 0.05) is 5.92 Å². The van der Waals surface area contributed by atoms with Crippen LogP contribution in [0.3, 0.4) is 0 Å². The Morgan fingerprint density at radius 3 is 1.26 bits per heavy atom. The molecule has 6 aromatic carbocycles. The maximum Gasteiger partial charge on any atom is 0.494 e. The molecule has 2 heterocycles. The van der Waals surface area contributed by atoms with E-state index in [0.717, 1.165) is 77.7 Å². The monoisotopic (exact) mass is 1050 g/mol. The summed E-state index contributed by atoms with van der Waals surface area (Å²) < 4.78 is 50.3. The topological polar surface area (TPSA) is 73.8 Å². The summed E-state index contributed by atoms with van der Waals surface area (Å²) in [4.78, 5) is 0. The third kappa shape index (κ3) is 10.0. The molecule has 80 heavy (non-hydrogen) atoms. The fourth-order valence-electron chi connectivity index (χ4n) is 10.4. The summed E-state index contributed by atoms with van der Waals surface area (Å²) in [6.07, 6.45) is 30.5. The van der Waals surface area contributed by atoms with Gasteiger partial charge >= 0.3 is 14.2 Å². The van der Waals surface area contributed by atoms with Gasteiger partial charge in [0.25, 0.3) is 0 Å². The first-order chi connectivity index (χ1) is 38.4. The molecular weight excluding hydrogens is 990 g/mol. The molecular formula is C70H56B2O8. The molecule has 2 saturated heterocycles. The Bertz CT molecular complexity index is 3770. The molecule has 4 aliphatic rings. The SMILES string of the molecule is C#CC#CCOc1cc2c(cc1OCC#CC#C)C1(c3cc(C=Cc4ccc(B5OC(C)(C)C(C)(C)O5)cc4)ccc3-c3ccc(C=Cc4ccc(B5OC(C)(C)C(C)(C)O5)cc4)cc31)c1cc(OC#C)c(OC#CC#CC)cc1-2. The van der Waals surface area contributed by atoms with Gasteiger partial charge in [0.1, 0.15) is 25.4 Å². The number of ether oxygens (including phenoxy) is 4. The molecule has 0 unspecified atom stereocenters. The summed E-state index contributed by atoms with van der Waals surface area (Å²) in [6.45, 7) is 18.1. The number of hydrogen-bond acceptors (Lipinski definition) is 8. The van der Waals surface area contributed by atoms with Crippen LogP contribution >= 0.6 is 0 Å². The number of fused-ring (bicyclic) bond motifs is 10. The van der Waals surface area contributed by atoms with Crippen LogP contribution in [0.2, 0.25) is 0 Å². The van der Waals surface area contributed by atoms with E-state index in [0.29, 0.717) is 17.2 Å². The van der Waals surface area contributed by atoms with Gasteiger partial charge in [0.15, 0.2) is 23.0 Å². The maximum atomic E-state index is 6.46. The Balaban J connectivity index is 1.14. The second kappa shape index (κ2) is 21.6. The van der Waals surface area contributed by atoms with Crippen LogP contribution in [0.1, 0.15) is 107 Å². The van der Waals surface area contributed by atoms with Crippen molar-refractivity contribution in [2.24, 2.45) is 0 Å². The Kier molecular flexibility index (Phi) is 14.7. The smallest absolute Gasteiger partial charge is 0.477 e. The van der Waals surface area contributed by atoms with Gasteiger partial charge in [-0.15, -0.1) is 12.8 Å². The van der Waals surface area contributed by atoms with Crippen molar-refractivity contribution in [3.8, 4) is 130 Å². The first-order valence-corrected chi connectivity index (χ1v) is 26.2. The fourth-order valence-corrected chi connectivity index (χ4v) is 10.4. The van der Waals surface area contributed by atoms with E-state index >= 15 is 0 Å². The van der Waals surface area contributed by atoms with Crippen LogP contribution < -0.4 is 29.9 Å². The predicted molar refractivity (Wildman–Crippen MR) is 320 cm³/mol. The van der Waals surface area contributed by atoms with E-state index in [1.54, 1.807) is 6.92 Å². The summed E-state index contributed by atoms with van der Waals surface area (Å²) >= 11 is 0. The predicted octanol–water partition coefficient (Wildman–Crippen LogP) is 11.3. The normalized spacial score (nSPS) is 17.6. The van der Waals surface area contributed by atoms with E-state index in [1.165, 1.54) is 0 Å². The van der Waals surface area contributed by atoms with E-state index < -0.39 is 42.1 Å². The number of hydrogen-bond donors (Lipinski definition) is 0. The Morgan fingerprint density at radius 2 is 0.825 bits per heavy atom. The molecule has 0 aromatic heterocycles. The van der Waals surface area contributed by atoms with E-state index in [4.69, 9.17) is 56.8 Å². The molecule has 0 radical (unpaired) electrons. The second-order valence-electron chi connectivity index (χ2n) is 21.6. The molecule has 6 aromatic rings. The molecule has 0 bridgehead atoms. The highest BCUT2D eigenvalue weighted by atomic mass is 16.7. The van der Waals surface area contributed by atoms with Gasteiger partial charge in [-0.1, -0.05) is 109 Å². The van der Waals surface area contributed by atoms with Gasteiger partial charge in [0.05, 0.1) is 27.8 Å². The van der Waals surface area contributed by atoms with Crippen molar-refractivity contribution in [2.75, 3.05) is 13.2 Å². The van der Waals surface area contributed by atoms with Gasteiger partial charge < -0.3 is 37.6 Å². The van der Waals surface area contributed by atoms with Crippen LogP contribution in [0.15, 0.2) is 109 Å². The first kappa shape index (κ1) is 54.3. The van der Waals surface area contributed by atoms with Crippen LogP contribution in [0.5, 0.6) is 23.0 Å². The fraction of sp³-hybridized carbons (Fsp3) is 0.229. The number of benzene rings is 6. The summed E-state index contributed by atoms with van der Waals surface area (Å²) in [5.41, 5.74) is 10.5. The lowest BCUT2D eigenvalue weighted by molar-refractivity contribution is 0.00578.